The number of halogens is 1. The van der Waals surface area contributed by atoms with Crippen LogP contribution in [0, 0.1) is 17.8 Å². The molecule has 0 aromatic carbocycles. The van der Waals surface area contributed by atoms with E-state index in [1.807, 2.05) is 0 Å². The van der Waals surface area contributed by atoms with Gasteiger partial charge in [-0.05, 0) is 17.8 Å². The Kier molecular flexibility index (Phi) is 10.4. The first-order valence-corrected chi connectivity index (χ1v) is 4.60. The number of hydrogen-bond donors (Lipinski definition) is 0. The average Bonchev–Trinajstić information content (AvgIpc) is 2.03. The van der Waals surface area contributed by atoms with Crippen molar-refractivity contribution in [2.75, 3.05) is 7.18 Å². The zero-order valence-electron chi connectivity index (χ0n) is 9.26. The quantitative estimate of drug-likeness (QED) is 0.566. The summed E-state index contributed by atoms with van der Waals surface area (Å²) < 4.78 is 9.50. The fourth-order valence-electron chi connectivity index (χ4n) is 0.620. The SMILES string of the molecule is CC(C)/C=C/[C@H](C)C(C)C.CF. The van der Waals surface area contributed by atoms with E-state index in [-0.39, 0.29) is 0 Å². The molecule has 1 heteroatoms. The van der Waals surface area contributed by atoms with Crippen molar-refractivity contribution in [2.24, 2.45) is 17.8 Å². The largest absolute Gasteiger partial charge is 0.255 e. The van der Waals surface area contributed by atoms with Crippen molar-refractivity contribution in [2.45, 2.75) is 34.6 Å². The van der Waals surface area contributed by atoms with E-state index in [4.69, 9.17) is 0 Å². The van der Waals surface area contributed by atoms with E-state index in [1.165, 1.54) is 0 Å². The van der Waals surface area contributed by atoms with Crippen LogP contribution in [-0.2, 0) is 0 Å². The van der Waals surface area contributed by atoms with Crippen molar-refractivity contribution >= 4 is 0 Å². The lowest BCUT2D eigenvalue weighted by Crippen LogP contribution is -1.99. The summed E-state index contributed by atoms with van der Waals surface area (Å²) in [6, 6.07) is 0. The van der Waals surface area contributed by atoms with Gasteiger partial charge in [-0.1, -0.05) is 46.8 Å². The van der Waals surface area contributed by atoms with E-state index < -0.39 is 0 Å². The van der Waals surface area contributed by atoms with Crippen molar-refractivity contribution in [3.8, 4) is 0 Å². The predicted molar refractivity (Wildman–Crippen MR) is 55.0 cm³/mol. The highest BCUT2D eigenvalue weighted by Gasteiger charge is 2.01. The second kappa shape index (κ2) is 8.76. The highest BCUT2D eigenvalue weighted by molar-refractivity contribution is 4.89. The fraction of sp³-hybridized carbons (Fsp3) is 0.818. The summed E-state index contributed by atoms with van der Waals surface area (Å²) in [6.45, 7) is 11.2. The molecule has 0 aromatic rings. The highest BCUT2D eigenvalue weighted by atomic mass is 19.1. The summed E-state index contributed by atoms with van der Waals surface area (Å²) >= 11 is 0. The molecule has 0 nitrogen and oxygen atoms in total. The van der Waals surface area contributed by atoms with Gasteiger partial charge in [0.1, 0.15) is 0 Å². The second-order valence-corrected chi connectivity index (χ2v) is 3.73. The normalized spacial score (nSPS) is 13.4. The molecule has 0 fully saturated rings. The molecular formula is C11H23F. The van der Waals surface area contributed by atoms with Gasteiger partial charge in [-0.3, -0.25) is 4.39 Å². The van der Waals surface area contributed by atoms with Gasteiger partial charge in [-0.15, -0.1) is 0 Å². The van der Waals surface area contributed by atoms with Gasteiger partial charge in [-0.2, -0.15) is 0 Å². The van der Waals surface area contributed by atoms with Crippen LogP contribution < -0.4 is 0 Å². The van der Waals surface area contributed by atoms with Gasteiger partial charge in [0.05, 0.1) is 7.18 Å². The van der Waals surface area contributed by atoms with Crippen LogP contribution in [0.25, 0.3) is 0 Å². The summed E-state index contributed by atoms with van der Waals surface area (Å²) in [6.07, 6.45) is 4.60. The van der Waals surface area contributed by atoms with Gasteiger partial charge in [0.15, 0.2) is 0 Å². The molecule has 0 spiro atoms. The Hall–Kier alpha value is -0.330. The maximum absolute atomic E-state index is 9.50. The van der Waals surface area contributed by atoms with Crippen molar-refractivity contribution in [1.82, 2.24) is 0 Å². The zero-order chi connectivity index (χ0) is 10.1. The lowest BCUT2D eigenvalue weighted by Gasteiger charge is -2.09. The van der Waals surface area contributed by atoms with Crippen LogP contribution in [0.2, 0.25) is 0 Å². The van der Waals surface area contributed by atoms with Crippen molar-refractivity contribution < 1.29 is 4.39 Å². The summed E-state index contributed by atoms with van der Waals surface area (Å²) in [5, 5.41) is 0. The summed E-state index contributed by atoms with van der Waals surface area (Å²) in [5.74, 6) is 2.19. The first-order chi connectivity index (χ1) is 5.54. The summed E-state index contributed by atoms with van der Waals surface area (Å²) in [5.41, 5.74) is 0. The molecule has 74 valence electrons. The van der Waals surface area contributed by atoms with Gasteiger partial charge < -0.3 is 0 Å². The molecule has 0 heterocycles. The molecule has 0 N–H and O–H groups in total. The van der Waals surface area contributed by atoms with Gasteiger partial charge >= 0.3 is 0 Å². The molecule has 0 saturated heterocycles. The van der Waals surface area contributed by atoms with Gasteiger partial charge in [0.25, 0.3) is 0 Å². The molecular weight excluding hydrogens is 151 g/mol. The van der Waals surface area contributed by atoms with E-state index in [1.54, 1.807) is 0 Å². The van der Waals surface area contributed by atoms with Gasteiger partial charge in [0, 0.05) is 0 Å². The molecule has 0 aliphatic heterocycles. The smallest absolute Gasteiger partial charge is 0.0785 e. The van der Waals surface area contributed by atoms with Crippen LogP contribution in [-0.4, -0.2) is 7.18 Å². The third-order valence-corrected chi connectivity index (χ3v) is 1.85. The summed E-state index contributed by atoms with van der Waals surface area (Å²) in [4.78, 5) is 0. The first kappa shape index (κ1) is 14.2. The third-order valence-electron chi connectivity index (χ3n) is 1.85. The number of allylic oxidation sites excluding steroid dienone is 2. The molecule has 0 bridgehead atoms. The average molecular weight is 174 g/mol. The lowest BCUT2D eigenvalue weighted by molar-refractivity contribution is 0.501. The molecule has 0 rings (SSSR count). The second-order valence-electron chi connectivity index (χ2n) is 3.73. The lowest BCUT2D eigenvalue weighted by atomic mass is 9.96. The Bertz CT molecular complexity index is 104. The van der Waals surface area contributed by atoms with E-state index in [0.29, 0.717) is 13.1 Å². The van der Waals surface area contributed by atoms with E-state index in [2.05, 4.69) is 46.8 Å². The van der Waals surface area contributed by atoms with Crippen LogP contribution in [0.3, 0.4) is 0 Å². The first-order valence-electron chi connectivity index (χ1n) is 4.60. The Morgan fingerprint density at radius 1 is 0.833 bits per heavy atom. The van der Waals surface area contributed by atoms with Crippen LogP contribution >= 0.6 is 0 Å². The van der Waals surface area contributed by atoms with E-state index >= 15 is 0 Å². The Morgan fingerprint density at radius 3 is 1.50 bits per heavy atom. The highest BCUT2D eigenvalue weighted by Crippen LogP contribution is 2.11. The van der Waals surface area contributed by atoms with Crippen molar-refractivity contribution in [1.29, 1.82) is 0 Å². The number of rotatable bonds is 3. The fourth-order valence-corrected chi connectivity index (χ4v) is 0.620. The Morgan fingerprint density at radius 2 is 1.25 bits per heavy atom. The van der Waals surface area contributed by atoms with Crippen molar-refractivity contribution in [3.05, 3.63) is 12.2 Å². The molecule has 0 amide bonds. The van der Waals surface area contributed by atoms with Crippen LogP contribution in [0.5, 0.6) is 0 Å². The molecule has 0 radical (unpaired) electrons. The molecule has 0 unspecified atom stereocenters. The Labute approximate surface area is 76.9 Å². The molecule has 0 aliphatic carbocycles. The maximum Gasteiger partial charge on any atom is 0.0785 e. The standard InChI is InChI=1S/C10H20.CH3F/c1-8(2)6-7-10(5)9(3)4;1-2/h6-10H,1-5H3;1H3/b7-6+;/t10-;/m0./s1. The van der Waals surface area contributed by atoms with Crippen LogP contribution in [0.4, 0.5) is 4.39 Å². The predicted octanol–water partition coefficient (Wildman–Crippen LogP) is 4.08. The van der Waals surface area contributed by atoms with E-state index in [0.717, 1.165) is 11.8 Å². The zero-order valence-corrected chi connectivity index (χ0v) is 9.26. The van der Waals surface area contributed by atoms with E-state index in [9.17, 15) is 4.39 Å². The van der Waals surface area contributed by atoms with Gasteiger partial charge in [0.2, 0.25) is 0 Å². The monoisotopic (exact) mass is 174 g/mol. The molecule has 1 atom stereocenters. The third kappa shape index (κ3) is 9.67. The molecule has 12 heavy (non-hydrogen) atoms. The topological polar surface area (TPSA) is 0 Å². The van der Waals surface area contributed by atoms with Crippen LogP contribution in [0.1, 0.15) is 34.6 Å². The van der Waals surface area contributed by atoms with Gasteiger partial charge in [-0.25, -0.2) is 0 Å². The minimum atomic E-state index is 0.500. The minimum absolute atomic E-state index is 0.500. The minimum Gasteiger partial charge on any atom is -0.255 e. The molecule has 0 aromatic heterocycles. The number of alkyl halides is 1. The summed E-state index contributed by atoms with van der Waals surface area (Å²) in [7, 11) is 0.500. The Balaban J connectivity index is 0. The molecule has 0 saturated carbocycles. The maximum atomic E-state index is 9.50. The van der Waals surface area contributed by atoms with Crippen molar-refractivity contribution in [3.63, 3.8) is 0 Å². The van der Waals surface area contributed by atoms with Crippen LogP contribution in [0.15, 0.2) is 12.2 Å². The molecule has 0 aliphatic rings. The number of hydrogen-bond acceptors (Lipinski definition) is 0.